The molecule has 2 aromatic rings. The zero-order valence-corrected chi connectivity index (χ0v) is 13.4. The second kappa shape index (κ2) is 9.14. The zero-order valence-electron chi connectivity index (χ0n) is 13.4. The summed E-state index contributed by atoms with van der Waals surface area (Å²) < 4.78 is 10.1. The molecule has 0 aliphatic heterocycles. The van der Waals surface area contributed by atoms with Crippen molar-refractivity contribution in [2.45, 2.75) is 13.0 Å². The molecule has 1 aromatic heterocycles. The Labute approximate surface area is 140 Å². The van der Waals surface area contributed by atoms with Gasteiger partial charge in [-0.15, -0.1) is 0 Å². The Hall–Kier alpha value is -3.09. The van der Waals surface area contributed by atoms with Crippen molar-refractivity contribution in [2.24, 2.45) is 0 Å². The molecule has 0 fully saturated rings. The van der Waals surface area contributed by atoms with Crippen LogP contribution in [0, 0.1) is 0 Å². The molecular weight excluding hydrogens is 308 g/mol. The third kappa shape index (κ3) is 5.60. The van der Waals surface area contributed by atoms with Crippen molar-refractivity contribution in [2.75, 3.05) is 19.4 Å². The number of hydrogen-bond donors (Lipinski definition) is 2. The van der Waals surface area contributed by atoms with Crippen molar-refractivity contribution in [1.82, 2.24) is 15.3 Å². The molecule has 126 valence electrons. The minimum atomic E-state index is -0.443. The summed E-state index contributed by atoms with van der Waals surface area (Å²) in [5.74, 6) is 0.539. The molecule has 0 spiro atoms. The fourth-order valence-electron chi connectivity index (χ4n) is 1.86. The van der Waals surface area contributed by atoms with Crippen molar-refractivity contribution in [3.05, 3.63) is 53.9 Å². The van der Waals surface area contributed by atoms with Gasteiger partial charge in [-0.25, -0.2) is 14.8 Å². The molecule has 24 heavy (non-hydrogen) atoms. The van der Waals surface area contributed by atoms with Crippen LogP contribution in [0.15, 0.2) is 42.6 Å². The van der Waals surface area contributed by atoms with Gasteiger partial charge in [-0.3, -0.25) is 0 Å². The molecule has 3 N–H and O–H groups in total. The molecule has 0 radical (unpaired) electrons. The first kappa shape index (κ1) is 17.3. The molecule has 0 aliphatic carbocycles. The number of anilines is 1. The average Bonchev–Trinajstić information content (AvgIpc) is 2.62. The van der Waals surface area contributed by atoms with Crippen molar-refractivity contribution in [3.8, 4) is 5.88 Å². The minimum Gasteiger partial charge on any atom is -0.478 e. The number of ether oxygens (including phenoxy) is 2. The smallest absolute Gasteiger partial charge is 0.407 e. The number of benzene rings is 1. The Morgan fingerprint density at radius 2 is 2.12 bits per heavy atom. The number of carbonyl (C=O) groups excluding carboxylic acids is 1. The van der Waals surface area contributed by atoms with E-state index in [1.165, 1.54) is 7.11 Å². The minimum absolute atomic E-state index is 0.248. The molecule has 0 unspecified atom stereocenters. The molecule has 0 saturated heterocycles. The maximum absolute atomic E-state index is 11.6. The van der Waals surface area contributed by atoms with Crippen LogP contribution in [0.3, 0.4) is 0 Å². The van der Waals surface area contributed by atoms with E-state index in [9.17, 15) is 4.79 Å². The second-order valence-electron chi connectivity index (χ2n) is 4.87. The predicted molar refractivity (Wildman–Crippen MR) is 91.3 cm³/mol. The van der Waals surface area contributed by atoms with Gasteiger partial charge in [0, 0.05) is 6.54 Å². The largest absolute Gasteiger partial charge is 0.478 e. The summed E-state index contributed by atoms with van der Waals surface area (Å²) in [6.45, 7) is 0.715. The van der Waals surface area contributed by atoms with E-state index in [-0.39, 0.29) is 12.4 Å². The lowest BCUT2D eigenvalue weighted by Crippen LogP contribution is -2.24. The lowest BCUT2D eigenvalue weighted by atomic mass is 10.2. The summed E-state index contributed by atoms with van der Waals surface area (Å²) >= 11 is 0. The Balaban J connectivity index is 1.67. The fourth-order valence-corrected chi connectivity index (χ4v) is 1.86. The van der Waals surface area contributed by atoms with Crippen LogP contribution in [0.2, 0.25) is 0 Å². The van der Waals surface area contributed by atoms with Crippen LogP contribution in [0.4, 0.5) is 10.6 Å². The fraction of sp³-hybridized carbons (Fsp3) is 0.235. The highest BCUT2D eigenvalue weighted by Crippen LogP contribution is 2.14. The number of methoxy groups -OCH3 is 1. The summed E-state index contributed by atoms with van der Waals surface area (Å²) in [5, 5.41) is 2.68. The van der Waals surface area contributed by atoms with Crippen LogP contribution in [-0.2, 0) is 11.3 Å². The SMILES string of the molecule is COc1nc(C=CCCNC(=O)OCc2ccccc2)cnc1N. The number of hydrogen-bond acceptors (Lipinski definition) is 6. The molecule has 1 heterocycles. The van der Waals surface area contributed by atoms with Gasteiger partial charge in [-0.2, -0.15) is 0 Å². The first-order valence-corrected chi connectivity index (χ1v) is 7.46. The number of rotatable bonds is 7. The third-order valence-corrected chi connectivity index (χ3v) is 3.06. The van der Waals surface area contributed by atoms with E-state index in [1.54, 1.807) is 12.3 Å². The number of alkyl carbamates (subject to hydrolysis) is 1. The number of nitrogens with two attached hydrogens (primary N) is 1. The van der Waals surface area contributed by atoms with E-state index < -0.39 is 6.09 Å². The molecule has 1 aromatic carbocycles. The normalized spacial score (nSPS) is 10.5. The highest BCUT2D eigenvalue weighted by molar-refractivity contribution is 5.67. The zero-order chi connectivity index (χ0) is 17.2. The van der Waals surface area contributed by atoms with Crippen molar-refractivity contribution in [3.63, 3.8) is 0 Å². The highest BCUT2D eigenvalue weighted by atomic mass is 16.5. The van der Waals surface area contributed by atoms with E-state index >= 15 is 0 Å². The summed E-state index contributed by atoms with van der Waals surface area (Å²) in [5.41, 5.74) is 7.18. The van der Waals surface area contributed by atoms with Gasteiger partial charge in [0.25, 0.3) is 5.88 Å². The molecule has 7 heteroatoms. The van der Waals surface area contributed by atoms with Crippen molar-refractivity contribution in [1.29, 1.82) is 0 Å². The maximum Gasteiger partial charge on any atom is 0.407 e. The van der Waals surface area contributed by atoms with Crippen molar-refractivity contribution < 1.29 is 14.3 Å². The average molecular weight is 328 g/mol. The van der Waals surface area contributed by atoms with Gasteiger partial charge in [-0.1, -0.05) is 36.4 Å². The van der Waals surface area contributed by atoms with Crippen LogP contribution in [0.25, 0.3) is 6.08 Å². The quantitative estimate of drug-likeness (QED) is 0.757. The van der Waals surface area contributed by atoms with Gasteiger partial charge in [0.2, 0.25) is 0 Å². The molecule has 2 rings (SSSR count). The second-order valence-corrected chi connectivity index (χ2v) is 4.87. The molecule has 1 amide bonds. The van der Waals surface area contributed by atoms with Gasteiger partial charge in [-0.05, 0) is 18.1 Å². The van der Waals surface area contributed by atoms with Gasteiger partial charge < -0.3 is 20.5 Å². The van der Waals surface area contributed by atoms with E-state index in [2.05, 4.69) is 15.3 Å². The number of nitrogens with one attached hydrogen (secondary N) is 1. The summed E-state index contributed by atoms with van der Waals surface area (Å²) in [6, 6.07) is 9.51. The van der Waals surface area contributed by atoms with Gasteiger partial charge >= 0.3 is 6.09 Å². The van der Waals surface area contributed by atoms with Gasteiger partial charge in [0.15, 0.2) is 5.82 Å². The third-order valence-electron chi connectivity index (χ3n) is 3.06. The Kier molecular flexibility index (Phi) is 6.58. The summed E-state index contributed by atoms with van der Waals surface area (Å²) in [7, 11) is 1.48. The van der Waals surface area contributed by atoms with Crippen LogP contribution in [0.5, 0.6) is 5.88 Å². The Morgan fingerprint density at radius 3 is 2.88 bits per heavy atom. The topological polar surface area (TPSA) is 99.4 Å². The van der Waals surface area contributed by atoms with Gasteiger partial charge in [0.1, 0.15) is 6.61 Å². The standard InChI is InChI=1S/C17H20N4O3/c1-23-16-15(18)20-11-14(21-16)9-5-6-10-19-17(22)24-12-13-7-3-2-4-8-13/h2-5,7-9,11H,6,10,12H2,1H3,(H2,18,20)(H,19,22). The van der Waals surface area contributed by atoms with E-state index in [1.807, 2.05) is 36.4 Å². The first-order chi connectivity index (χ1) is 11.7. The molecule has 0 bridgehead atoms. The van der Waals surface area contributed by atoms with E-state index in [4.69, 9.17) is 15.2 Å². The van der Waals surface area contributed by atoms with Crippen molar-refractivity contribution >= 4 is 18.0 Å². The number of amides is 1. The number of nitrogen functional groups attached to an aromatic ring is 1. The van der Waals surface area contributed by atoms with Crippen LogP contribution in [-0.4, -0.2) is 29.7 Å². The van der Waals surface area contributed by atoms with Crippen LogP contribution in [0.1, 0.15) is 17.7 Å². The van der Waals surface area contributed by atoms with Crippen LogP contribution < -0.4 is 15.8 Å². The van der Waals surface area contributed by atoms with E-state index in [0.717, 1.165) is 5.56 Å². The van der Waals surface area contributed by atoms with E-state index in [0.29, 0.717) is 24.5 Å². The molecule has 7 nitrogen and oxygen atoms in total. The number of aromatic nitrogens is 2. The highest BCUT2D eigenvalue weighted by Gasteiger charge is 2.02. The monoisotopic (exact) mass is 328 g/mol. The Morgan fingerprint density at radius 1 is 1.33 bits per heavy atom. The summed E-state index contributed by atoms with van der Waals surface area (Å²) in [4.78, 5) is 19.7. The molecule has 0 atom stereocenters. The molecule has 0 saturated carbocycles. The lowest BCUT2D eigenvalue weighted by Gasteiger charge is -2.06. The number of carbonyl (C=O) groups is 1. The summed E-state index contributed by atoms with van der Waals surface area (Å²) in [6.07, 6.45) is 5.40. The number of nitrogens with zero attached hydrogens (tertiary/aromatic N) is 2. The first-order valence-electron chi connectivity index (χ1n) is 7.46. The molecular formula is C17H20N4O3. The van der Waals surface area contributed by atoms with Gasteiger partial charge in [0.05, 0.1) is 19.0 Å². The molecule has 0 aliphatic rings. The van der Waals surface area contributed by atoms with Crippen LogP contribution >= 0.6 is 0 Å². The lowest BCUT2D eigenvalue weighted by molar-refractivity contribution is 0.140. The maximum atomic E-state index is 11.6. The predicted octanol–water partition coefficient (Wildman–Crippen LogP) is 2.40. The Bertz CT molecular complexity index is 689.